The number of amides is 1. The van der Waals surface area contributed by atoms with E-state index in [-0.39, 0.29) is 5.91 Å². The topological polar surface area (TPSA) is 103 Å². The number of ether oxygens (including phenoxy) is 8. The maximum absolute atomic E-state index is 12.9. The fourth-order valence-corrected chi connectivity index (χ4v) is 4.11. The van der Waals surface area contributed by atoms with Gasteiger partial charge in [-0.05, 0) is 59.2 Å². The monoisotopic (exact) mass is 565 g/mol. The summed E-state index contributed by atoms with van der Waals surface area (Å²) in [6, 6.07) is 10.7. The first kappa shape index (κ1) is 30.6. The Morgan fingerprint density at radius 2 is 0.829 bits per heavy atom. The second-order valence-electron chi connectivity index (χ2n) is 8.38. The Kier molecular flexibility index (Phi) is 10.7. The molecule has 0 radical (unpaired) electrons. The largest absolute Gasteiger partial charge is 0.493 e. The van der Waals surface area contributed by atoms with Crippen molar-refractivity contribution in [3.8, 4) is 46.0 Å². The van der Waals surface area contributed by atoms with Gasteiger partial charge in [-0.3, -0.25) is 4.79 Å². The number of anilines is 1. The summed E-state index contributed by atoms with van der Waals surface area (Å²) in [4.78, 5) is 12.9. The highest BCUT2D eigenvalue weighted by molar-refractivity contribution is 6.03. The normalized spacial score (nSPS) is 10.8. The Morgan fingerprint density at radius 3 is 1.20 bits per heavy atom. The molecule has 0 aliphatic heterocycles. The zero-order chi connectivity index (χ0) is 29.9. The SMILES string of the molecule is COc1cc(/C=C\c2cc(OC)c(OC)c(OC)c2)cc(NC(=O)/C=C/c2cc(OC)c(OC)c(OC)c2)c1OC. The number of methoxy groups -OCH3 is 8. The third-order valence-corrected chi connectivity index (χ3v) is 6.03. The van der Waals surface area contributed by atoms with Crippen molar-refractivity contribution in [2.45, 2.75) is 0 Å². The van der Waals surface area contributed by atoms with E-state index in [9.17, 15) is 4.79 Å². The fourth-order valence-electron chi connectivity index (χ4n) is 4.11. The van der Waals surface area contributed by atoms with Gasteiger partial charge in [0.15, 0.2) is 34.5 Å². The molecule has 1 N–H and O–H groups in total. The standard InChI is InChI=1S/C31H35NO9/c1-34-23-14-19(9-10-20-15-24(35-2)30(40-7)25(16-20)36-3)13-22(29(23)39-6)32-28(33)12-11-21-17-26(37-4)31(41-8)27(18-21)38-5/h9-18H,1-8H3,(H,32,33)/b10-9-,12-11+. The molecular weight excluding hydrogens is 530 g/mol. The maximum Gasteiger partial charge on any atom is 0.248 e. The quantitative estimate of drug-likeness (QED) is 0.210. The molecule has 0 aromatic heterocycles. The minimum absolute atomic E-state index is 0.381. The molecule has 0 fully saturated rings. The number of carbonyl (C=O) groups excluding carboxylic acids is 1. The van der Waals surface area contributed by atoms with E-state index in [0.717, 1.165) is 11.1 Å². The van der Waals surface area contributed by atoms with Crippen LogP contribution < -0.4 is 43.2 Å². The fraction of sp³-hybridized carbons (Fsp3) is 0.258. The number of nitrogens with one attached hydrogen (secondary N) is 1. The van der Waals surface area contributed by atoms with E-state index < -0.39 is 0 Å². The minimum Gasteiger partial charge on any atom is -0.493 e. The van der Waals surface area contributed by atoms with Crippen LogP contribution >= 0.6 is 0 Å². The van der Waals surface area contributed by atoms with Gasteiger partial charge in [-0.2, -0.15) is 0 Å². The molecule has 3 rings (SSSR count). The molecule has 3 aromatic carbocycles. The summed E-state index contributed by atoms with van der Waals surface area (Å²) >= 11 is 0. The number of carbonyl (C=O) groups is 1. The van der Waals surface area contributed by atoms with Crippen LogP contribution in [-0.2, 0) is 4.79 Å². The van der Waals surface area contributed by atoms with Gasteiger partial charge in [0.25, 0.3) is 0 Å². The van der Waals surface area contributed by atoms with Gasteiger partial charge in [0, 0.05) is 6.08 Å². The van der Waals surface area contributed by atoms with E-state index in [1.165, 1.54) is 41.6 Å². The molecule has 0 spiro atoms. The van der Waals surface area contributed by atoms with Crippen molar-refractivity contribution in [3.63, 3.8) is 0 Å². The average Bonchev–Trinajstić information content (AvgIpc) is 3.00. The number of rotatable bonds is 13. The van der Waals surface area contributed by atoms with Gasteiger partial charge in [-0.25, -0.2) is 0 Å². The number of hydrogen-bond acceptors (Lipinski definition) is 9. The summed E-state index contributed by atoms with van der Waals surface area (Å²) in [5, 5.41) is 2.87. The first-order valence-electron chi connectivity index (χ1n) is 12.4. The molecular formula is C31H35NO9. The Balaban J connectivity index is 1.92. The number of hydrogen-bond donors (Lipinski definition) is 1. The smallest absolute Gasteiger partial charge is 0.248 e. The van der Waals surface area contributed by atoms with E-state index in [1.54, 1.807) is 51.7 Å². The Bertz CT molecular complexity index is 1380. The predicted octanol–water partition coefficient (Wildman–Crippen LogP) is 5.58. The van der Waals surface area contributed by atoms with Crippen LogP contribution in [0.2, 0.25) is 0 Å². The molecule has 10 heteroatoms. The Morgan fingerprint density at radius 1 is 0.488 bits per heavy atom. The van der Waals surface area contributed by atoms with E-state index in [1.807, 2.05) is 24.3 Å². The van der Waals surface area contributed by atoms with Gasteiger partial charge in [-0.15, -0.1) is 0 Å². The van der Waals surface area contributed by atoms with Crippen molar-refractivity contribution in [2.75, 3.05) is 62.2 Å². The molecule has 0 saturated heterocycles. The maximum atomic E-state index is 12.9. The third kappa shape index (κ3) is 7.16. The average molecular weight is 566 g/mol. The first-order chi connectivity index (χ1) is 19.8. The highest BCUT2D eigenvalue weighted by Crippen LogP contribution is 2.41. The summed E-state index contributed by atoms with van der Waals surface area (Å²) in [6.45, 7) is 0. The van der Waals surface area contributed by atoms with Crippen LogP contribution in [-0.4, -0.2) is 62.8 Å². The summed E-state index contributed by atoms with van der Waals surface area (Å²) in [5.41, 5.74) is 2.67. The van der Waals surface area contributed by atoms with Gasteiger partial charge in [0.2, 0.25) is 17.4 Å². The van der Waals surface area contributed by atoms with E-state index in [4.69, 9.17) is 37.9 Å². The molecule has 218 valence electrons. The van der Waals surface area contributed by atoms with Crippen molar-refractivity contribution in [1.82, 2.24) is 0 Å². The van der Waals surface area contributed by atoms with Crippen LogP contribution in [0.15, 0.2) is 42.5 Å². The van der Waals surface area contributed by atoms with Crippen LogP contribution in [0.3, 0.4) is 0 Å². The van der Waals surface area contributed by atoms with Crippen LogP contribution in [0.25, 0.3) is 18.2 Å². The zero-order valence-corrected chi connectivity index (χ0v) is 24.4. The van der Waals surface area contributed by atoms with Crippen LogP contribution in [0, 0.1) is 0 Å². The van der Waals surface area contributed by atoms with Crippen molar-refractivity contribution in [3.05, 3.63) is 59.2 Å². The third-order valence-electron chi connectivity index (χ3n) is 6.03. The van der Waals surface area contributed by atoms with Crippen LogP contribution in [0.4, 0.5) is 5.69 Å². The lowest BCUT2D eigenvalue weighted by Gasteiger charge is -2.15. The van der Waals surface area contributed by atoms with Crippen molar-refractivity contribution >= 4 is 29.8 Å². The second-order valence-corrected chi connectivity index (χ2v) is 8.38. The molecule has 3 aromatic rings. The van der Waals surface area contributed by atoms with Gasteiger partial charge in [-0.1, -0.05) is 12.2 Å². The Labute approximate surface area is 240 Å². The second kappa shape index (κ2) is 14.4. The summed E-state index contributed by atoms with van der Waals surface area (Å²) in [6.07, 6.45) is 6.77. The number of benzene rings is 3. The molecule has 0 atom stereocenters. The zero-order valence-electron chi connectivity index (χ0n) is 24.4. The summed E-state index contributed by atoms with van der Waals surface area (Å²) in [5.74, 6) is 3.43. The van der Waals surface area contributed by atoms with Crippen LogP contribution in [0.1, 0.15) is 16.7 Å². The Hall–Kier alpha value is -4.99. The minimum atomic E-state index is -0.384. The van der Waals surface area contributed by atoms with Crippen LogP contribution in [0.5, 0.6) is 46.0 Å². The van der Waals surface area contributed by atoms with Crippen molar-refractivity contribution < 1.29 is 42.7 Å². The van der Waals surface area contributed by atoms with E-state index in [0.29, 0.717) is 57.2 Å². The van der Waals surface area contributed by atoms with Gasteiger partial charge < -0.3 is 43.2 Å². The molecule has 41 heavy (non-hydrogen) atoms. The van der Waals surface area contributed by atoms with Gasteiger partial charge in [0.1, 0.15) is 0 Å². The van der Waals surface area contributed by atoms with E-state index in [2.05, 4.69) is 5.32 Å². The molecule has 0 heterocycles. The molecule has 0 unspecified atom stereocenters. The van der Waals surface area contributed by atoms with Crippen molar-refractivity contribution in [1.29, 1.82) is 0 Å². The molecule has 1 amide bonds. The molecule has 10 nitrogen and oxygen atoms in total. The highest BCUT2D eigenvalue weighted by Gasteiger charge is 2.16. The summed E-state index contributed by atoms with van der Waals surface area (Å²) < 4.78 is 43.5. The lowest BCUT2D eigenvalue weighted by atomic mass is 10.1. The van der Waals surface area contributed by atoms with Crippen molar-refractivity contribution in [2.24, 2.45) is 0 Å². The molecule has 0 aliphatic carbocycles. The molecule has 0 saturated carbocycles. The highest BCUT2D eigenvalue weighted by atomic mass is 16.5. The summed E-state index contributed by atoms with van der Waals surface area (Å²) in [7, 11) is 12.3. The molecule has 0 aliphatic rings. The predicted molar refractivity (Wildman–Crippen MR) is 158 cm³/mol. The lowest BCUT2D eigenvalue weighted by molar-refractivity contribution is -0.111. The first-order valence-corrected chi connectivity index (χ1v) is 12.4. The van der Waals surface area contributed by atoms with E-state index >= 15 is 0 Å². The lowest BCUT2D eigenvalue weighted by Crippen LogP contribution is -2.09. The van der Waals surface area contributed by atoms with Gasteiger partial charge >= 0.3 is 0 Å². The van der Waals surface area contributed by atoms with Gasteiger partial charge in [0.05, 0.1) is 62.6 Å². The molecule has 0 bridgehead atoms.